The SMILES string of the molecule is CCOc1ccc(OCCNC(=O)COC(=O)CN2C(=O)NC3(CCCCC3C)C2=O)cc1. The van der Waals surface area contributed by atoms with E-state index in [1.807, 2.05) is 13.8 Å². The molecule has 33 heavy (non-hydrogen) atoms. The predicted octanol–water partition coefficient (Wildman–Crippen LogP) is 1.62. The number of imide groups is 1. The summed E-state index contributed by atoms with van der Waals surface area (Å²) < 4.78 is 15.8. The summed E-state index contributed by atoms with van der Waals surface area (Å²) in [6.45, 7) is 3.84. The largest absolute Gasteiger partial charge is 0.494 e. The Kier molecular flexibility index (Phi) is 8.13. The van der Waals surface area contributed by atoms with Crippen molar-refractivity contribution in [2.45, 2.75) is 45.1 Å². The molecule has 1 aliphatic heterocycles. The van der Waals surface area contributed by atoms with Crippen molar-refractivity contribution >= 4 is 23.8 Å². The summed E-state index contributed by atoms with van der Waals surface area (Å²) in [7, 11) is 0. The molecule has 0 radical (unpaired) electrons. The molecule has 1 spiro atoms. The normalized spacial score (nSPS) is 22.1. The Bertz CT molecular complexity index is 873. The molecule has 2 unspecified atom stereocenters. The van der Waals surface area contributed by atoms with Gasteiger partial charge in [-0.1, -0.05) is 19.8 Å². The first kappa shape index (κ1) is 24.3. The highest BCUT2D eigenvalue weighted by molar-refractivity contribution is 6.09. The molecule has 2 N–H and O–H groups in total. The highest BCUT2D eigenvalue weighted by Gasteiger charge is 2.55. The Hall–Kier alpha value is -3.30. The average molecular weight is 462 g/mol. The molecule has 4 amide bonds. The Morgan fingerprint density at radius 3 is 2.52 bits per heavy atom. The van der Waals surface area contributed by atoms with Crippen molar-refractivity contribution < 1.29 is 33.4 Å². The second kappa shape index (κ2) is 11.0. The van der Waals surface area contributed by atoms with Crippen LogP contribution in [0.3, 0.4) is 0 Å². The third kappa shape index (κ3) is 5.94. The molecule has 180 valence electrons. The van der Waals surface area contributed by atoms with Crippen molar-refractivity contribution in [3.8, 4) is 11.5 Å². The summed E-state index contributed by atoms with van der Waals surface area (Å²) >= 11 is 0. The highest BCUT2D eigenvalue weighted by Crippen LogP contribution is 2.38. The highest BCUT2D eigenvalue weighted by atomic mass is 16.5. The standard InChI is InChI=1S/C23H31N3O7/c1-3-31-17-7-9-18(10-8-17)32-13-12-24-19(27)15-33-20(28)14-26-21(29)23(25-22(26)30)11-5-4-6-16(23)2/h7-10,16H,3-6,11-15H2,1-2H3,(H,24,27)(H,25,30). The summed E-state index contributed by atoms with van der Waals surface area (Å²) in [5.41, 5.74) is -0.934. The molecule has 1 saturated heterocycles. The number of nitrogens with zero attached hydrogens (tertiary/aromatic N) is 1. The minimum Gasteiger partial charge on any atom is -0.494 e. The van der Waals surface area contributed by atoms with Crippen molar-refractivity contribution in [1.82, 2.24) is 15.5 Å². The topological polar surface area (TPSA) is 123 Å². The van der Waals surface area contributed by atoms with Gasteiger partial charge in [0.1, 0.15) is 30.2 Å². The molecule has 2 aliphatic rings. The number of carbonyl (C=O) groups excluding carboxylic acids is 4. The molecule has 10 nitrogen and oxygen atoms in total. The summed E-state index contributed by atoms with van der Waals surface area (Å²) in [6.07, 6.45) is 3.25. The number of urea groups is 1. The van der Waals surface area contributed by atoms with Crippen LogP contribution in [0.1, 0.15) is 39.5 Å². The van der Waals surface area contributed by atoms with Gasteiger partial charge in [0.25, 0.3) is 11.8 Å². The minimum absolute atomic E-state index is 0.000622. The number of esters is 1. The van der Waals surface area contributed by atoms with E-state index in [-0.39, 0.29) is 19.1 Å². The van der Waals surface area contributed by atoms with Crippen LogP contribution in [-0.4, -0.2) is 67.2 Å². The van der Waals surface area contributed by atoms with Crippen LogP contribution in [0.5, 0.6) is 11.5 Å². The van der Waals surface area contributed by atoms with Gasteiger partial charge in [0, 0.05) is 0 Å². The van der Waals surface area contributed by atoms with E-state index in [0.29, 0.717) is 18.8 Å². The van der Waals surface area contributed by atoms with Crippen LogP contribution in [0.4, 0.5) is 4.79 Å². The number of amides is 4. The Morgan fingerprint density at radius 2 is 1.85 bits per heavy atom. The summed E-state index contributed by atoms with van der Waals surface area (Å²) in [5, 5.41) is 5.35. The fourth-order valence-corrected chi connectivity index (χ4v) is 4.17. The maximum Gasteiger partial charge on any atom is 0.326 e. The maximum atomic E-state index is 12.9. The van der Waals surface area contributed by atoms with E-state index in [4.69, 9.17) is 14.2 Å². The van der Waals surface area contributed by atoms with Gasteiger partial charge in [-0.05, 0) is 49.9 Å². The zero-order chi connectivity index (χ0) is 23.8. The van der Waals surface area contributed by atoms with Crippen LogP contribution in [-0.2, 0) is 19.1 Å². The van der Waals surface area contributed by atoms with Gasteiger partial charge in [-0.15, -0.1) is 0 Å². The lowest BCUT2D eigenvalue weighted by atomic mass is 9.73. The van der Waals surface area contributed by atoms with Crippen LogP contribution in [0, 0.1) is 5.92 Å². The number of hydrogen-bond donors (Lipinski definition) is 2. The van der Waals surface area contributed by atoms with Gasteiger partial charge in [0.2, 0.25) is 0 Å². The Labute approximate surface area is 192 Å². The van der Waals surface area contributed by atoms with Gasteiger partial charge < -0.3 is 24.8 Å². The van der Waals surface area contributed by atoms with Crippen molar-refractivity contribution in [3.63, 3.8) is 0 Å². The molecule has 1 saturated carbocycles. The molecule has 10 heteroatoms. The first-order valence-corrected chi connectivity index (χ1v) is 11.3. The molecule has 0 aromatic heterocycles. The quantitative estimate of drug-likeness (QED) is 0.308. The van der Waals surface area contributed by atoms with E-state index in [0.717, 1.165) is 29.9 Å². The number of ether oxygens (including phenoxy) is 3. The van der Waals surface area contributed by atoms with Gasteiger partial charge in [-0.2, -0.15) is 0 Å². The molecule has 1 aromatic rings. The smallest absolute Gasteiger partial charge is 0.326 e. The fourth-order valence-electron chi connectivity index (χ4n) is 4.17. The van der Waals surface area contributed by atoms with Crippen molar-refractivity contribution in [2.75, 3.05) is 32.9 Å². The Balaban J connectivity index is 1.35. The lowest BCUT2D eigenvalue weighted by Gasteiger charge is -2.36. The van der Waals surface area contributed by atoms with Crippen molar-refractivity contribution in [1.29, 1.82) is 0 Å². The summed E-state index contributed by atoms with van der Waals surface area (Å²) in [4.78, 5) is 50.1. The number of benzene rings is 1. The first-order valence-electron chi connectivity index (χ1n) is 11.3. The van der Waals surface area contributed by atoms with Crippen molar-refractivity contribution in [3.05, 3.63) is 24.3 Å². The molecular formula is C23H31N3O7. The molecule has 3 rings (SSSR count). The van der Waals surface area contributed by atoms with Gasteiger partial charge in [0.05, 0.1) is 13.2 Å². The Morgan fingerprint density at radius 1 is 1.15 bits per heavy atom. The lowest BCUT2D eigenvalue weighted by Crippen LogP contribution is -2.54. The zero-order valence-electron chi connectivity index (χ0n) is 19.1. The number of carbonyl (C=O) groups is 4. The molecule has 1 aromatic carbocycles. The third-order valence-electron chi connectivity index (χ3n) is 5.98. The van der Waals surface area contributed by atoms with Crippen LogP contribution in [0.2, 0.25) is 0 Å². The van der Waals surface area contributed by atoms with Gasteiger partial charge in [0.15, 0.2) is 6.61 Å². The molecule has 2 fully saturated rings. The molecule has 0 bridgehead atoms. The number of hydrogen-bond acceptors (Lipinski definition) is 7. The average Bonchev–Trinajstić information content (AvgIpc) is 3.03. The van der Waals surface area contributed by atoms with Gasteiger partial charge in [-0.3, -0.25) is 19.3 Å². The lowest BCUT2D eigenvalue weighted by molar-refractivity contribution is -0.151. The van der Waals surface area contributed by atoms with Crippen LogP contribution in [0.25, 0.3) is 0 Å². The second-order valence-corrected chi connectivity index (χ2v) is 8.20. The van der Waals surface area contributed by atoms with E-state index in [2.05, 4.69) is 10.6 Å². The molecule has 1 aliphatic carbocycles. The van der Waals surface area contributed by atoms with E-state index < -0.39 is 42.5 Å². The first-order chi connectivity index (χ1) is 15.9. The minimum atomic E-state index is -0.934. The monoisotopic (exact) mass is 461 g/mol. The van der Waals surface area contributed by atoms with E-state index in [9.17, 15) is 19.2 Å². The van der Waals surface area contributed by atoms with Crippen LogP contribution >= 0.6 is 0 Å². The second-order valence-electron chi connectivity index (χ2n) is 8.20. The van der Waals surface area contributed by atoms with E-state index in [1.165, 1.54) is 0 Å². The van der Waals surface area contributed by atoms with Crippen molar-refractivity contribution in [2.24, 2.45) is 5.92 Å². The summed E-state index contributed by atoms with van der Waals surface area (Å²) in [6, 6.07) is 6.52. The van der Waals surface area contributed by atoms with Crippen LogP contribution < -0.4 is 20.1 Å². The van der Waals surface area contributed by atoms with E-state index >= 15 is 0 Å². The van der Waals surface area contributed by atoms with Crippen LogP contribution in [0.15, 0.2) is 24.3 Å². The fraction of sp³-hybridized carbons (Fsp3) is 0.565. The zero-order valence-corrected chi connectivity index (χ0v) is 19.1. The number of rotatable bonds is 10. The third-order valence-corrected chi connectivity index (χ3v) is 5.98. The molecule has 1 heterocycles. The molecule has 2 atom stereocenters. The van der Waals surface area contributed by atoms with E-state index in [1.54, 1.807) is 24.3 Å². The maximum absolute atomic E-state index is 12.9. The number of nitrogens with one attached hydrogen (secondary N) is 2. The summed E-state index contributed by atoms with van der Waals surface area (Å²) in [5.74, 6) is -0.339. The molecular weight excluding hydrogens is 430 g/mol. The van der Waals surface area contributed by atoms with Gasteiger partial charge >= 0.3 is 12.0 Å². The van der Waals surface area contributed by atoms with Gasteiger partial charge in [-0.25, -0.2) is 4.79 Å². The predicted molar refractivity (Wildman–Crippen MR) is 118 cm³/mol.